The maximum absolute atomic E-state index is 6.15. The third-order valence-electron chi connectivity index (χ3n) is 6.39. The number of benzene rings is 1. The van der Waals surface area contributed by atoms with E-state index in [1.165, 1.54) is 5.69 Å². The van der Waals surface area contributed by atoms with Crippen molar-refractivity contribution in [3.05, 3.63) is 49.2 Å². The highest BCUT2D eigenvalue weighted by Crippen LogP contribution is 2.30. The molecule has 5 rings (SSSR count). The maximum Gasteiger partial charge on any atom is 0.163 e. The van der Waals surface area contributed by atoms with Crippen LogP contribution in [0.15, 0.2) is 49.2 Å². The Balaban J connectivity index is 0.00000259. The van der Waals surface area contributed by atoms with E-state index in [1.807, 2.05) is 17.1 Å². The van der Waals surface area contributed by atoms with Gasteiger partial charge in [0.25, 0.3) is 0 Å². The Bertz CT molecular complexity index is 1010. The van der Waals surface area contributed by atoms with Crippen LogP contribution in [-0.2, 0) is 4.74 Å². The van der Waals surface area contributed by atoms with Crippen molar-refractivity contribution >= 4 is 18.1 Å². The van der Waals surface area contributed by atoms with E-state index in [0.717, 1.165) is 68.9 Å². The normalized spacial score (nSPS) is 20.8. The third-order valence-corrected chi connectivity index (χ3v) is 6.39. The lowest BCUT2D eigenvalue weighted by Gasteiger charge is -2.28. The van der Waals surface area contributed by atoms with Gasteiger partial charge in [0.1, 0.15) is 12.0 Å². The average Bonchev–Trinajstić information content (AvgIpc) is 3.35. The third kappa shape index (κ3) is 5.63. The number of ether oxygens (including phenoxy) is 2. The number of halogens is 1. The van der Waals surface area contributed by atoms with Crippen LogP contribution in [0.4, 0.5) is 5.69 Å². The first-order valence-electron chi connectivity index (χ1n) is 11.4. The number of aromatic nitrogens is 4. The van der Waals surface area contributed by atoms with E-state index in [9.17, 15) is 0 Å². The molecular weight excluding hydrogens is 440 g/mol. The molecule has 2 aliphatic rings. The summed E-state index contributed by atoms with van der Waals surface area (Å²) in [4.78, 5) is 11.0. The Morgan fingerprint density at radius 3 is 2.48 bits per heavy atom. The van der Waals surface area contributed by atoms with Crippen LogP contribution in [0.25, 0.3) is 16.9 Å². The van der Waals surface area contributed by atoms with Gasteiger partial charge in [-0.05, 0) is 55.9 Å². The van der Waals surface area contributed by atoms with Crippen LogP contribution in [0.3, 0.4) is 0 Å². The van der Waals surface area contributed by atoms with E-state index in [1.54, 1.807) is 12.5 Å². The predicted molar refractivity (Wildman–Crippen MR) is 130 cm³/mol. The number of morpholine rings is 1. The van der Waals surface area contributed by atoms with E-state index < -0.39 is 0 Å². The van der Waals surface area contributed by atoms with Crippen molar-refractivity contribution < 1.29 is 9.47 Å². The Kier molecular flexibility index (Phi) is 7.80. The molecular formula is C24H31ClN6O2. The standard InChI is InChI=1S/C24H30N6O2.ClH/c25-20-3-1-18(2-4-20)16-32-23-14-26-17-27-24(23)19-13-28-30(15-19)22-7-5-21(6-8-22)29-9-11-31-12-10-29;/h5-8,13-15,17-18,20H,1-4,9-12,16,25H2;1H. The van der Waals surface area contributed by atoms with E-state index >= 15 is 0 Å². The molecule has 2 N–H and O–H groups in total. The van der Waals surface area contributed by atoms with Gasteiger partial charge in [-0.1, -0.05) is 0 Å². The summed E-state index contributed by atoms with van der Waals surface area (Å²) in [5.41, 5.74) is 9.91. The minimum atomic E-state index is 0. The second-order valence-corrected chi connectivity index (χ2v) is 8.62. The summed E-state index contributed by atoms with van der Waals surface area (Å²) in [5, 5.41) is 4.56. The fourth-order valence-electron chi connectivity index (χ4n) is 4.43. The summed E-state index contributed by atoms with van der Waals surface area (Å²) in [7, 11) is 0. The van der Waals surface area contributed by atoms with Crippen molar-refractivity contribution in [2.45, 2.75) is 31.7 Å². The van der Waals surface area contributed by atoms with Crippen molar-refractivity contribution in [2.75, 3.05) is 37.8 Å². The molecule has 0 bridgehead atoms. The molecule has 1 saturated carbocycles. The van der Waals surface area contributed by atoms with Gasteiger partial charge in [-0.2, -0.15) is 5.10 Å². The van der Waals surface area contributed by atoms with Gasteiger partial charge in [-0.25, -0.2) is 14.6 Å². The summed E-state index contributed by atoms with van der Waals surface area (Å²) in [5.74, 6) is 1.24. The van der Waals surface area contributed by atoms with E-state index in [4.69, 9.17) is 15.2 Å². The number of hydrogen-bond acceptors (Lipinski definition) is 7. The lowest BCUT2D eigenvalue weighted by Crippen LogP contribution is -2.36. The van der Waals surface area contributed by atoms with Crippen molar-refractivity contribution in [3.63, 3.8) is 0 Å². The summed E-state index contributed by atoms with van der Waals surface area (Å²) in [6.45, 7) is 4.08. The Morgan fingerprint density at radius 1 is 1.00 bits per heavy atom. The van der Waals surface area contributed by atoms with Crippen LogP contribution < -0.4 is 15.4 Å². The van der Waals surface area contributed by atoms with Gasteiger partial charge in [0.2, 0.25) is 0 Å². The Hall–Kier alpha value is -2.68. The van der Waals surface area contributed by atoms with E-state index in [2.05, 4.69) is 44.2 Å². The molecule has 1 aliphatic heterocycles. The van der Waals surface area contributed by atoms with Gasteiger partial charge in [-0.15, -0.1) is 12.4 Å². The van der Waals surface area contributed by atoms with Crippen molar-refractivity contribution in [1.82, 2.24) is 19.7 Å². The fraction of sp³-hybridized carbons (Fsp3) is 0.458. The van der Waals surface area contributed by atoms with Crippen molar-refractivity contribution in [2.24, 2.45) is 11.7 Å². The van der Waals surface area contributed by atoms with Crippen LogP contribution in [0.2, 0.25) is 0 Å². The topological polar surface area (TPSA) is 91.3 Å². The first-order chi connectivity index (χ1) is 15.8. The van der Waals surface area contributed by atoms with Gasteiger partial charge in [0, 0.05) is 36.6 Å². The summed E-state index contributed by atoms with van der Waals surface area (Å²) < 4.78 is 13.5. The van der Waals surface area contributed by atoms with Crippen LogP contribution in [-0.4, -0.2) is 58.7 Å². The molecule has 33 heavy (non-hydrogen) atoms. The van der Waals surface area contributed by atoms with Crippen LogP contribution in [0.5, 0.6) is 5.75 Å². The van der Waals surface area contributed by atoms with E-state index in [0.29, 0.717) is 24.3 Å². The Morgan fingerprint density at radius 2 is 1.73 bits per heavy atom. The number of rotatable bonds is 6. The predicted octanol–water partition coefficient (Wildman–Crippen LogP) is 3.48. The van der Waals surface area contributed by atoms with Gasteiger partial charge in [0.05, 0.1) is 37.9 Å². The summed E-state index contributed by atoms with van der Waals surface area (Å²) in [6.07, 6.45) is 11.5. The largest absolute Gasteiger partial charge is 0.489 e. The molecule has 0 unspecified atom stereocenters. The number of nitrogens with two attached hydrogens (primary N) is 1. The lowest BCUT2D eigenvalue weighted by molar-refractivity contribution is 0.122. The molecule has 176 valence electrons. The maximum atomic E-state index is 6.15. The second-order valence-electron chi connectivity index (χ2n) is 8.62. The van der Waals surface area contributed by atoms with Crippen LogP contribution in [0.1, 0.15) is 25.7 Å². The fourth-order valence-corrected chi connectivity index (χ4v) is 4.43. The number of anilines is 1. The molecule has 0 amide bonds. The molecule has 1 saturated heterocycles. The minimum Gasteiger partial charge on any atom is -0.489 e. The average molecular weight is 471 g/mol. The van der Waals surface area contributed by atoms with Crippen molar-refractivity contribution in [1.29, 1.82) is 0 Å². The molecule has 9 heteroatoms. The highest BCUT2D eigenvalue weighted by molar-refractivity contribution is 5.85. The first-order valence-corrected chi connectivity index (χ1v) is 11.4. The second kappa shape index (κ2) is 11.0. The smallest absolute Gasteiger partial charge is 0.163 e. The van der Waals surface area contributed by atoms with Gasteiger partial charge in [0.15, 0.2) is 5.75 Å². The van der Waals surface area contributed by atoms with Gasteiger partial charge in [-0.3, -0.25) is 0 Å². The quantitative estimate of drug-likeness (QED) is 0.589. The van der Waals surface area contributed by atoms with Crippen molar-refractivity contribution in [3.8, 4) is 22.7 Å². The zero-order valence-corrected chi connectivity index (χ0v) is 19.5. The first kappa shape index (κ1) is 23.5. The number of hydrogen-bond donors (Lipinski definition) is 1. The molecule has 0 spiro atoms. The highest BCUT2D eigenvalue weighted by Gasteiger charge is 2.20. The molecule has 8 nitrogen and oxygen atoms in total. The molecule has 3 aromatic rings. The number of nitrogens with zero attached hydrogens (tertiary/aromatic N) is 5. The molecule has 0 atom stereocenters. The van der Waals surface area contributed by atoms with Crippen LogP contribution >= 0.6 is 12.4 Å². The molecule has 3 heterocycles. The zero-order valence-electron chi connectivity index (χ0n) is 18.7. The Labute approximate surface area is 200 Å². The summed E-state index contributed by atoms with van der Waals surface area (Å²) in [6, 6.07) is 8.80. The molecule has 2 fully saturated rings. The monoisotopic (exact) mass is 470 g/mol. The molecule has 1 aliphatic carbocycles. The zero-order chi connectivity index (χ0) is 21.8. The summed E-state index contributed by atoms with van der Waals surface area (Å²) >= 11 is 0. The van der Waals surface area contributed by atoms with Gasteiger partial charge < -0.3 is 20.1 Å². The minimum absolute atomic E-state index is 0. The highest BCUT2D eigenvalue weighted by atomic mass is 35.5. The van der Waals surface area contributed by atoms with Gasteiger partial charge >= 0.3 is 0 Å². The van der Waals surface area contributed by atoms with E-state index in [-0.39, 0.29) is 12.4 Å². The lowest BCUT2D eigenvalue weighted by atomic mass is 9.87. The molecule has 0 radical (unpaired) electrons. The SMILES string of the molecule is Cl.NC1CCC(COc2cncnc2-c2cnn(-c3ccc(N4CCOCC4)cc3)c2)CC1. The molecule has 1 aromatic carbocycles. The van der Waals surface area contributed by atoms with Crippen LogP contribution in [0, 0.1) is 5.92 Å². The molecule has 2 aromatic heterocycles.